The van der Waals surface area contributed by atoms with Gasteiger partial charge >= 0.3 is 0 Å². The average molecular weight is 425 g/mol. The van der Waals surface area contributed by atoms with Gasteiger partial charge in [0.15, 0.2) is 0 Å². The Hall–Kier alpha value is -1.58. The minimum absolute atomic E-state index is 0.0925. The number of benzene rings is 2. The maximum Gasteiger partial charge on any atom is 0.298 e. The first-order valence-electron chi connectivity index (χ1n) is 7.73. The van der Waals surface area contributed by atoms with Gasteiger partial charge in [-0.25, -0.2) is 0 Å². The van der Waals surface area contributed by atoms with Gasteiger partial charge in [0.2, 0.25) is 0 Å². The van der Waals surface area contributed by atoms with Crippen molar-refractivity contribution in [3.05, 3.63) is 51.9 Å². The minimum atomic E-state index is -4.41. The van der Waals surface area contributed by atoms with E-state index in [0.29, 0.717) is 9.39 Å². The van der Waals surface area contributed by atoms with Crippen LogP contribution in [-0.4, -0.2) is 20.1 Å². The Morgan fingerprint density at radius 1 is 1.08 bits per heavy atom. The van der Waals surface area contributed by atoms with Gasteiger partial charge in [0.05, 0.1) is 12.0 Å². The fourth-order valence-electron chi connectivity index (χ4n) is 2.62. The van der Waals surface area contributed by atoms with Gasteiger partial charge in [0.1, 0.15) is 14.5 Å². The zero-order chi connectivity index (χ0) is 18.9. The molecule has 1 aromatic heterocycles. The molecule has 0 amide bonds. The van der Waals surface area contributed by atoms with E-state index in [2.05, 4.69) is 19.1 Å². The van der Waals surface area contributed by atoms with Crippen LogP contribution in [0.25, 0.3) is 21.6 Å². The number of hydrogen-bond acceptors (Lipinski definition) is 6. The van der Waals surface area contributed by atoms with Crippen LogP contribution in [-0.2, 0) is 16.5 Å². The molecule has 0 radical (unpaired) electrons. The molecule has 0 saturated heterocycles. The van der Waals surface area contributed by atoms with E-state index in [1.54, 1.807) is 16.4 Å². The summed E-state index contributed by atoms with van der Waals surface area (Å²) in [4.78, 5) is 0.712. The predicted molar refractivity (Wildman–Crippen MR) is 110 cm³/mol. The lowest BCUT2D eigenvalue weighted by atomic mass is 10.0. The molecule has 4 nitrogen and oxygen atoms in total. The van der Waals surface area contributed by atoms with Gasteiger partial charge < -0.3 is 4.74 Å². The van der Waals surface area contributed by atoms with Crippen LogP contribution < -0.4 is 4.74 Å². The summed E-state index contributed by atoms with van der Waals surface area (Å²) in [5.41, 5.74) is 3.70. The molecule has 0 unspecified atom stereocenters. The zero-order valence-corrected chi connectivity index (χ0v) is 17.3. The number of hydrogen-bond donors (Lipinski definition) is 1. The molecular formula is C18H16O4S4. The predicted octanol–water partition coefficient (Wildman–Crippen LogP) is 5.69. The van der Waals surface area contributed by atoms with Crippen molar-refractivity contribution in [2.75, 3.05) is 7.11 Å². The van der Waals surface area contributed by atoms with Gasteiger partial charge in [-0.1, -0.05) is 70.2 Å². The smallest absolute Gasteiger partial charge is 0.298 e. The van der Waals surface area contributed by atoms with Crippen LogP contribution in [0, 0.1) is 3.82 Å². The van der Waals surface area contributed by atoms with E-state index in [9.17, 15) is 13.0 Å². The van der Waals surface area contributed by atoms with Crippen LogP contribution in [0.15, 0.2) is 47.4 Å². The lowest BCUT2D eigenvalue weighted by Gasteiger charge is -2.09. The molecule has 2 aromatic carbocycles. The van der Waals surface area contributed by atoms with E-state index in [0.717, 1.165) is 22.4 Å². The molecule has 0 fully saturated rings. The normalized spacial score (nSPS) is 11.5. The van der Waals surface area contributed by atoms with Crippen molar-refractivity contribution in [2.24, 2.45) is 0 Å². The summed E-state index contributed by atoms with van der Waals surface area (Å²) >= 11 is 5.49. The number of ether oxygens (including phenoxy) is 1. The third-order valence-electron chi connectivity index (χ3n) is 3.99. The van der Waals surface area contributed by atoms with Crippen LogP contribution in [0.1, 0.15) is 12.5 Å². The number of rotatable bonds is 5. The second kappa shape index (κ2) is 7.58. The Bertz CT molecular complexity index is 1090. The summed E-state index contributed by atoms with van der Waals surface area (Å²) in [5.74, 6) is 0.0925. The van der Waals surface area contributed by atoms with Crippen molar-refractivity contribution < 1.29 is 17.7 Å². The topological polar surface area (TPSA) is 63.6 Å². The van der Waals surface area contributed by atoms with E-state index < -0.39 is 10.1 Å². The van der Waals surface area contributed by atoms with E-state index in [-0.39, 0.29) is 10.6 Å². The molecule has 0 aliphatic carbocycles. The van der Waals surface area contributed by atoms with E-state index in [1.165, 1.54) is 35.1 Å². The van der Waals surface area contributed by atoms with Gasteiger partial charge in [-0.2, -0.15) is 8.42 Å². The summed E-state index contributed by atoms with van der Waals surface area (Å²) in [7, 11) is -0.0316. The summed E-state index contributed by atoms with van der Waals surface area (Å²) in [6, 6.07) is 12.9. The van der Waals surface area contributed by atoms with E-state index in [4.69, 9.17) is 17.0 Å². The van der Waals surface area contributed by atoms with Crippen LogP contribution in [0.3, 0.4) is 0 Å². The Morgan fingerprint density at radius 2 is 1.73 bits per heavy atom. The molecule has 136 valence electrons. The van der Waals surface area contributed by atoms with Crippen molar-refractivity contribution in [1.82, 2.24) is 0 Å². The van der Waals surface area contributed by atoms with Crippen molar-refractivity contribution in [1.29, 1.82) is 0 Å². The van der Waals surface area contributed by atoms with Gasteiger partial charge in [0.25, 0.3) is 10.1 Å². The molecule has 0 spiro atoms. The number of aryl methyl sites for hydroxylation is 1. The minimum Gasteiger partial charge on any atom is -0.495 e. The van der Waals surface area contributed by atoms with Crippen LogP contribution in [0.4, 0.5) is 0 Å². The lowest BCUT2D eigenvalue weighted by molar-refractivity contribution is 0.397. The van der Waals surface area contributed by atoms with Gasteiger partial charge in [0, 0.05) is 5.56 Å². The molecule has 0 aliphatic rings. The monoisotopic (exact) mass is 424 g/mol. The summed E-state index contributed by atoms with van der Waals surface area (Å²) in [6.07, 6.45) is 0.961. The molecule has 1 N–H and O–H groups in total. The first-order chi connectivity index (χ1) is 12.3. The molecule has 0 aliphatic heterocycles. The fourth-order valence-corrected chi connectivity index (χ4v) is 6.22. The van der Waals surface area contributed by atoms with Crippen molar-refractivity contribution in [3.63, 3.8) is 0 Å². The van der Waals surface area contributed by atoms with Crippen LogP contribution >= 0.6 is 32.9 Å². The Morgan fingerprint density at radius 3 is 2.31 bits per heavy atom. The number of methoxy groups -OCH3 is 1. The molecule has 0 saturated carbocycles. The maximum absolute atomic E-state index is 11.7. The summed E-state index contributed by atoms with van der Waals surface area (Å²) < 4.78 is 38.6. The molecular weight excluding hydrogens is 408 g/mol. The SMILES string of the molecule is CCc1ccc(-c2ssc(=S)c2-c2ccc(OC)c(S(=O)(=O)O)c2)cc1. The molecule has 1 heterocycles. The van der Waals surface area contributed by atoms with E-state index >= 15 is 0 Å². The molecule has 0 bridgehead atoms. The standard InChI is InChI=1S/C18H16O4S4/c1-3-11-4-6-12(7-5-11)17-16(18(23)25-24-17)13-8-9-14(22-2)15(10-13)26(19,20)21/h4-10H,3H2,1-2H3,(H,19,20,21). The second-order valence-corrected chi connectivity index (χ2v) is 9.76. The highest BCUT2D eigenvalue weighted by Gasteiger charge is 2.20. The van der Waals surface area contributed by atoms with Crippen LogP contribution in [0.2, 0.25) is 0 Å². The third kappa shape index (κ3) is 3.74. The third-order valence-corrected chi connectivity index (χ3v) is 7.93. The maximum atomic E-state index is 11.7. The second-order valence-electron chi connectivity index (χ2n) is 5.55. The van der Waals surface area contributed by atoms with Crippen molar-refractivity contribution >= 4 is 43.0 Å². The Balaban J connectivity index is 2.19. The highest BCUT2D eigenvalue weighted by molar-refractivity contribution is 7.86. The van der Waals surface area contributed by atoms with Gasteiger partial charge in [-0.05, 0) is 35.2 Å². The largest absolute Gasteiger partial charge is 0.495 e. The quantitative estimate of drug-likeness (QED) is 0.324. The van der Waals surface area contributed by atoms with Crippen molar-refractivity contribution in [2.45, 2.75) is 18.2 Å². The molecule has 0 atom stereocenters. The highest BCUT2D eigenvalue weighted by atomic mass is 32.9. The molecule has 3 aromatic rings. The average Bonchev–Trinajstić information content (AvgIpc) is 3.02. The van der Waals surface area contributed by atoms with E-state index in [1.807, 2.05) is 12.1 Å². The Labute approximate surface area is 164 Å². The highest BCUT2D eigenvalue weighted by Crippen LogP contribution is 2.42. The van der Waals surface area contributed by atoms with Crippen LogP contribution in [0.5, 0.6) is 5.75 Å². The van der Waals surface area contributed by atoms with Gasteiger partial charge in [-0.3, -0.25) is 4.55 Å². The molecule has 3 rings (SSSR count). The molecule has 8 heteroatoms. The lowest BCUT2D eigenvalue weighted by Crippen LogP contribution is -2.01. The first-order valence-corrected chi connectivity index (χ1v) is 11.7. The molecule has 26 heavy (non-hydrogen) atoms. The fraction of sp³-hybridized carbons (Fsp3) is 0.167. The zero-order valence-electron chi connectivity index (χ0n) is 14.1. The Kier molecular flexibility index (Phi) is 5.59. The summed E-state index contributed by atoms with van der Waals surface area (Å²) in [5, 5.41) is 0. The van der Waals surface area contributed by atoms with Gasteiger partial charge in [-0.15, -0.1) is 0 Å². The summed E-state index contributed by atoms with van der Waals surface area (Å²) in [6.45, 7) is 2.10. The first kappa shape index (κ1) is 19.2. The van der Waals surface area contributed by atoms with Crippen molar-refractivity contribution in [3.8, 4) is 27.3 Å².